The zero-order valence-corrected chi connectivity index (χ0v) is 13.8. The highest BCUT2D eigenvalue weighted by Crippen LogP contribution is 1.95. The summed E-state index contributed by atoms with van der Waals surface area (Å²) in [4.78, 5) is 51.8. The SMILES string of the molecule is O=C(NCCO[N+](=O)OCCNC(=O)c1cccnc1)c1cccnc1. The lowest BCUT2D eigenvalue weighted by Crippen LogP contribution is -2.30. The molecule has 10 nitrogen and oxygen atoms in total. The van der Waals surface area contributed by atoms with Gasteiger partial charge in [-0.05, 0) is 24.3 Å². The van der Waals surface area contributed by atoms with Crippen molar-refractivity contribution in [1.29, 1.82) is 0 Å². The molecule has 26 heavy (non-hydrogen) atoms. The molecule has 136 valence electrons. The van der Waals surface area contributed by atoms with Gasteiger partial charge in [-0.15, -0.1) is 0 Å². The van der Waals surface area contributed by atoms with Gasteiger partial charge in [0.05, 0.1) is 24.2 Å². The van der Waals surface area contributed by atoms with E-state index in [9.17, 15) is 14.5 Å². The van der Waals surface area contributed by atoms with Crippen molar-refractivity contribution in [3.05, 3.63) is 65.1 Å². The maximum atomic E-state index is 11.7. The highest BCUT2D eigenvalue weighted by molar-refractivity contribution is 5.94. The smallest absolute Gasteiger partial charge is 0.348 e. The molecule has 0 aliphatic heterocycles. The Morgan fingerprint density at radius 2 is 1.35 bits per heavy atom. The molecule has 0 bridgehead atoms. The van der Waals surface area contributed by atoms with Crippen LogP contribution in [0.25, 0.3) is 0 Å². The van der Waals surface area contributed by atoms with Gasteiger partial charge in [0.2, 0.25) is 0 Å². The number of nitrogens with zero attached hydrogens (tertiary/aromatic N) is 3. The van der Waals surface area contributed by atoms with Gasteiger partial charge in [0.15, 0.2) is 13.2 Å². The lowest BCUT2D eigenvalue weighted by atomic mass is 10.3. The molecular weight excluding hydrogens is 342 g/mol. The van der Waals surface area contributed by atoms with Gasteiger partial charge >= 0.3 is 5.09 Å². The quantitative estimate of drug-likeness (QED) is 0.461. The van der Waals surface area contributed by atoms with Gasteiger partial charge in [0, 0.05) is 24.8 Å². The largest absolute Gasteiger partial charge is 0.477 e. The Kier molecular flexibility index (Phi) is 7.46. The van der Waals surface area contributed by atoms with Crippen molar-refractivity contribution in [1.82, 2.24) is 20.6 Å². The molecule has 2 amide bonds. The van der Waals surface area contributed by atoms with E-state index in [0.29, 0.717) is 11.1 Å². The van der Waals surface area contributed by atoms with E-state index in [2.05, 4.69) is 20.6 Å². The molecule has 0 spiro atoms. The molecule has 0 radical (unpaired) electrons. The van der Waals surface area contributed by atoms with E-state index in [1.54, 1.807) is 36.7 Å². The normalized spacial score (nSPS) is 9.85. The third-order valence-corrected chi connectivity index (χ3v) is 3.02. The molecule has 10 heteroatoms. The van der Waals surface area contributed by atoms with Gasteiger partial charge in [-0.25, -0.2) is 0 Å². The van der Waals surface area contributed by atoms with Crippen LogP contribution in [0.1, 0.15) is 20.7 Å². The topological polar surface area (TPSA) is 123 Å². The third-order valence-electron chi connectivity index (χ3n) is 3.02. The van der Waals surface area contributed by atoms with Crippen LogP contribution in [-0.2, 0) is 9.68 Å². The van der Waals surface area contributed by atoms with Gasteiger partial charge in [0.25, 0.3) is 11.8 Å². The average molecular weight is 360 g/mol. The summed E-state index contributed by atoms with van der Waals surface area (Å²) in [6.07, 6.45) is 5.98. The van der Waals surface area contributed by atoms with Gasteiger partial charge in [-0.1, -0.05) is 0 Å². The molecule has 0 saturated carbocycles. The highest BCUT2D eigenvalue weighted by atomic mass is 17.0. The number of carbonyl (C=O) groups is 2. The van der Waals surface area contributed by atoms with Gasteiger partial charge in [-0.2, -0.15) is 9.68 Å². The Labute approximate surface area is 149 Å². The van der Waals surface area contributed by atoms with Crippen molar-refractivity contribution >= 4 is 11.8 Å². The van der Waals surface area contributed by atoms with Crippen LogP contribution in [-0.4, -0.2) is 53.2 Å². The Hall–Kier alpha value is -3.56. The monoisotopic (exact) mass is 360 g/mol. The summed E-state index contributed by atoms with van der Waals surface area (Å²) < 4.78 is 0. The van der Waals surface area contributed by atoms with Crippen LogP contribution in [0.2, 0.25) is 0 Å². The first-order valence-corrected chi connectivity index (χ1v) is 7.76. The van der Waals surface area contributed by atoms with Crippen LogP contribution in [0.15, 0.2) is 49.1 Å². The number of hydrogen-bond acceptors (Lipinski definition) is 7. The van der Waals surface area contributed by atoms with E-state index in [4.69, 9.17) is 9.68 Å². The van der Waals surface area contributed by atoms with Crippen molar-refractivity contribution in [3.63, 3.8) is 0 Å². The molecule has 0 aliphatic carbocycles. The van der Waals surface area contributed by atoms with E-state index < -0.39 is 0 Å². The molecular formula is C16H18N5O5+. The average Bonchev–Trinajstić information content (AvgIpc) is 2.69. The van der Waals surface area contributed by atoms with Crippen LogP contribution in [0, 0.1) is 4.91 Å². The van der Waals surface area contributed by atoms with E-state index in [1.807, 2.05) is 0 Å². The number of aromatic nitrogens is 2. The fourth-order valence-electron chi connectivity index (χ4n) is 1.81. The molecule has 2 aromatic heterocycles. The number of pyridine rings is 2. The van der Waals surface area contributed by atoms with Crippen molar-refractivity contribution in [2.75, 3.05) is 26.3 Å². The molecule has 2 N–H and O–H groups in total. The predicted molar refractivity (Wildman–Crippen MR) is 88.7 cm³/mol. The van der Waals surface area contributed by atoms with Crippen LogP contribution in [0.4, 0.5) is 0 Å². The van der Waals surface area contributed by atoms with Crippen LogP contribution >= 0.6 is 0 Å². The van der Waals surface area contributed by atoms with Gasteiger partial charge < -0.3 is 10.6 Å². The Morgan fingerprint density at radius 1 is 0.885 bits per heavy atom. The Morgan fingerprint density at radius 3 is 1.73 bits per heavy atom. The molecule has 2 rings (SSSR count). The minimum absolute atomic E-state index is 0.0630. The summed E-state index contributed by atoms with van der Waals surface area (Å²) in [5.74, 6) is -0.642. The van der Waals surface area contributed by atoms with Crippen LogP contribution in [0.3, 0.4) is 0 Å². The van der Waals surface area contributed by atoms with Crippen molar-refractivity contribution in [3.8, 4) is 0 Å². The molecule has 2 heterocycles. The summed E-state index contributed by atoms with van der Waals surface area (Å²) >= 11 is 0. The van der Waals surface area contributed by atoms with Crippen molar-refractivity contribution in [2.24, 2.45) is 0 Å². The number of carbonyl (C=O) groups excluding carboxylic acids is 2. The molecule has 0 aromatic carbocycles. The van der Waals surface area contributed by atoms with Gasteiger partial charge in [0.1, 0.15) is 4.91 Å². The first kappa shape index (κ1) is 18.8. The van der Waals surface area contributed by atoms with Crippen LogP contribution < -0.4 is 10.6 Å². The van der Waals surface area contributed by atoms with E-state index >= 15 is 0 Å². The number of rotatable bonds is 10. The molecule has 0 saturated heterocycles. The lowest BCUT2D eigenvalue weighted by molar-refractivity contribution is -0.980. The maximum Gasteiger partial charge on any atom is 0.477 e. The van der Waals surface area contributed by atoms with Crippen molar-refractivity contribution in [2.45, 2.75) is 0 Å². The standard InChI is InChI=1S/C16H17N5O5/c22-15(13-3-1-5-17-11-13)19-7-9-25-21(24)26-10-8-20-16(23)14-4-2-6-18-12-14/h1-6,11-12H,7-10H2,(H-,19,20,22,23)/p+1. The highest BCUT2D eigenvalue weighted by Gasteiger charge is 2.13. The Bertz CT molecular complexity index is 665. The Balaban J connectivity index is 1.53. The van der Waals surface area contributed by atoms with E-state index in [1.165, 1.54) is 12.4 Å². The zero-order chi connectivity index (χ0) is 18.6. The predicted octanol–water partition coefficient (Wildman–Crippen LogP) is 0.279. The second-order valence-electron chi connectivity index (χ2n) is 4.89. The maximum absolute atomic E-state index is 11.7. The lowest BCUT2D eigenvalue weighted by Gasteiger charge is -2.03. The second-order valence-corrected chi connectivity index (χ2v) is 4.89. The summed E-state index contributed by atoms with van der Waals surface area (Å²) in [5, 5.41) is 5.07. The van der Waals surface area contributed by atoms with Gasteiger partial charge in [-0.3, -0.25) is 19.6 Å². The van der Waals surface area contributed by atoms with E-state index in [0.717, 1.165) is 0 Å². The minimum Gasteiger partial charge on any atom is -0.348 e. The third kappa shape index (κ3) is 6.51. The first-order chi connectivity index (χ1) is 12.7. The summed E-state index contributed by atoms with van der Waals surface area (Å²) in [6.45, 7) is 0.0935. The summed E-state index contributed by atoms with van der Waals surface area (Å²) in [6, 6.07) is 6.52. The number of hydrogen-bond donors (Lipinski definition) is 2. The fourth-order valence-corrected chi connectivity index (χ4v) is 1.81. The molecule has 0 unspecified atom stereocenters. The summed E-state index contributed by atoms with van der Waals surface area (Å²) in [5.41, 5.74) is 0.819. The van der Waals surface area contributed by atoms with Crippen LogP contribution in [0.5, 0.6) is 0 Å². The van der Waals surface area contributed by atoms with E-state index in [-0.39, 0.29) is 43.2 Å². The molecule has 2 aromatic rings. The molecule has 0 aliphatic rings. The fraction of sp³-hybridized carbons (Fsp3) is 0.250. The minimum atomic E-state index is -0.321. The molecule has 0 atom stereocenters. The first-order valence-electron chi connectivity index (χ1n) is 7.76. The number of nitrogens with one attached hydrogen (secondary N) is 2. The number of amides is 2. The second kappa shape index (κ2) is 10.3. The molecule has 0 fully saturated rings. The summed E-state index contributed by atoms with van der Waals surface area (Å²) in [7, 11) is 0. The zero-order valence-electron chi connectivity index (χ0n) is 13.8. The van der Waals surface area contributed by atoms with Crippen molar-refractivity contribution < 1.29 is 24.4 Å².